The van der Waals surface area contributed by atoms with Crippen molar-refractivity contribution in [2.24, 2.45) is 5.84 Å². The van der Waals surface area contributed by atoms with Crippen LogP contribution in [0.15, 0.2) is 6.33 Å². The number of anilines is 2. The molecule has 1 unspecified atom stereocenters. The molecular formula is C11H19N5O2S2. The number of rotatable bonds is 4. The van der Waals surface area contributed by atoms with Gasteiger partial charge in [0.25, 0.3) is 0 Å². The zero-order chi connectivity index (χ0) is 14.8. The zero-order valence-electron chi connectivity index (χ0n) is 11.5. The van der Waals surface area contributed by atoms with Crippen LogP contribution in [0.4, 0.5) is 11.6 Å². The van der Waals surface area contributed by atoms with Crippen molar-refractivity contribution in [3.63, 3.8) is 0 Å². The van der Waals surface area contributed by atoms with Gasteiger partial charge in [0.15, 0.2) is 9.84 Å². The number of aromatic nitrogens is 2. The van der Waals surface area contributed by atoms with Crippen LogP contribution in [-0.4, -0.2) is 47.6 Å². The van der Waals surface area contributed by atoms with Crippen molar-refractivity contribution in [1.29, 1.82) is 0 Å². The summed E-state index contributed by atoms with van der Waals surface area (Å²) in [5.74, 6) is 8.13. The molecule has 1 aliphatic heterocycles. The normalized spacial score (nSPS) is 19.9. The molecule has 1 atom stereocenters. The van der Waals surface area contributed by atoms with E-state index < -0.39 is 15.2 Å². The molecule has 2 heterocycles. The van der Waals surface area contributed by atoms with E-state index in [1.165, 1.54) is 6.33 Å². The largest absolute Gasteiger partial charge is 0.338 e. The Morgan fingerprint density at radius 3 is 2.95 bits per heavy atom. The molecule has 2 rings (SSSR count). The van der Waals surface area contributed by atoms with Gasteiger partial charge in [-0.15, -0.1) is 0 Å². The minimum atomic E-state index is -3.16. The second kappa shape index (κ2) is 6.15. The third-order valence-electron chi connectivity index (χ3n) is 3.37. The number of nitrogens with zero attached hydrogens (tertiary/aromatic N) is 3. The van der Waals surface area contributed by atoms with Gasteiger partial charge in [-0.3, -0.25) is 0 Å². The number of hydrogen-bond donors (Lipinski definition) is 2. The summed E-state index contributed by atoms with van der Waals surface area (Å²) in [6.45, 7) is 4.16. The molecule has 20 heavy (non-hydrogen) atoms. The average Bonchev–Trinajstić information content (AvgIpc) is 2.47. The second-order valence-electron chi connectivity index (χ2n) is 4.49. The van der Waals surface area contributed by atoms with E-state index in [1.807, 2.05) is 11.8 Å². The summed E-state index contributed by atoms with van der Waals surface area (Å²) >= 11 is 1.65. The van der Waals surface area contributed by atoms with Crippen molar-refractivity contribution < 1.29 is 8.42 Å². The Bertz CT molecular complexity index is 578. The molecule has 1 saturated heterocycles. The molecule has 9 heteroatoms. The molecule has 0 aromatic carbocycles. The number of sulfone groups is 1. The van der Waals surface area contributed by atoms with Crippen LogP contribution in [0.2, 0.25) is 0 Å². The van der Waals surface area contributed by atoms with Crippen molar-refractivity contribution in [3.05, 3.63) is 11.9 Å². The standard InChI is InChI=1S/C11H19N5O2S2/c1-3-20(17,18)9-6-19-5-4-16(9)11-8(2)10(15-12)13-7-14-11/h7,9H,3-6,12H2,1-2H3,(H,13,14,15). The quantitative estimate of drug-likeness (QED) is 0.607. The fourth-order valence-electron chi connectivity index (χ4n) is 2.19. The first-order chi connectivity index (χ1) is 9.51. The molecule has 1 aliphatic rings. The van der Waals surface area contributed by atoms with E-state index in [0.717, 1.165) is 11.3 Å². The van der Waals surface area contributed by atoms with Gasteiger partial charge in [0, 0.05) is 29.4 Å². The number of hydrazine groups is 1. The summed E-state index contributed by atoms with van der Waals surface area (Å²) in [5, 5.41) is -0.537. The lowest BCUT2D eigenvalue weighted by Crippen LogP contribution is -2.48. The fourth-order valence-corrected chi connectivity index (χ4v) is 5.16. The average molecular weight is 317 g/mol. The van der Waals surface area contributed by atoms with Crippen LogP contribution in [0, 0.1) is 6.92 Å². The number of nitrogens with one attached hydrogen (secondary N) is 1. The Labute approximate surface area is 123 Å². The van der Waals surface area contributed by atoms with Crippen LogP contribution in [0.3, 0.4) is 0 Å². The van der Waals surface area contributed by atoms with Crippen LogP contribution >= 0.6 is 11.8 Å². The Hall–Kier alpha value is -1.06. The topological polar surface area (TPSA) is 101 Å². The minimum absolute atomic E-state index is 0.126. The third kappa shape index (κ3) is 2.84. The van der Waals surface area contributed by atoms with Gasteiger partial charge in [-0.25, -0.2) is 24.2 Å². The van der Waals surface area contributed by atoms with E-state index in [-0.39, 0.29) is 5.75 Å². The Morgan fingerprint density at radius 2 is 2.30 bits per heavy atom. The second-order valence-corrected chi connectivity index (χ2v) is 8.09. The Morgan fingerprint density at radius 1 is 1.55 bits per heavy atom. The first-order valence-electron chi connectivity index (χ1n) is 6.35. The van der Waals surface area contributed by atoms with Crippen molar-refractivity contribution in [1.82, 2.24) is 9.97 Å². The molecule has 0 amide bonds. The van der Waals surface area contributed by atoms with E-state index in [2.05, 4.69) is 15.4 Å². The lowest BCUT2D eigenvalue weighted by molar-refractivity contribution is 0.578. The predicted molar refractivity (Wildman–Crippen MR) is 82.5 cm³/mol. The van der Waals surface area contributed by atoms with Crippen molar-refractivity contribution in [2.75, 3.05) is 34.1 Å². The van der Waals surface area contributed by atoms with Crippen molar-refractivity contribution in [2.45, 2.75) is 19.2 Å². The predicted octanol–water partition coefficient (Wildman–Crippen LogP) is 0.385. The molecule has 1 aromatic rings. The van der Waals surface area contributed by atoms with Gasteiger partial charge in [0.2, 0.25) is 0 Å². The maximum Gasteiger partial charge on any atom is 0.171 e. The van der Waals surface area contributed by atoms with E-state index in [1.54, 1.807) is 18.7 Å². The Balaban J connectivity index is 2.43. The van der Waals surface area contributed by atoms with Crippen LogP contribution in [0.25, 0.3) is 0 Å². The molecule has 1 fully saturated rings. The summed E-state index contributed by atoms with van der Waals surface area (Å²) in [6, 6.07) is 0. The van der Waals surface area contributed by atoms with Crippen molar-refractivity contribution >= 4 is 33.2 Å². The number of nitrogens with two attached hydrogens (primary N) is 1. The number of nitrogen functional groups attached to an aromatic ring is 1. The van der Waals surface area contributed by atoms with Gasteiger partial charge in [-0.1, -0.05) is 6.92 Å². The minimum Gasteiger partial charge on any atom is -0.338 e. The highest BCUT2D eigenvalue weighted by Crippen LogP contribution is 2.29. The number of hydrogen-bond acceptors (Lipinski definition) is 8. The van der Waals surface area contributed by atoms with Gasteiger partial charge in [0.05, 0.1) is 0 Å². The van der Waals surface area contributed by atoms with Crippen molar-refractivity contribution in [3.8, 4) is 0 Å². The van der Waals surface area contributed by atoms with Crippen LogP contribution in [0.5, 0.6) is 0 Å². The van der Waals surface area contributed by atoms with Crippen LogP contribution < -0.4 is 16.2 Å². The monoisotopic (exact) mass is 317 g/mol. The first-order valence-corrected chi connectivity index (χ1v) is 9.22. The van der Waals surface area contributed by atoms with Gasteiger partial charge in [-0.05, 0) is 6.92 Å². The Kier molecular flexibility index (Phi) is 4.71. The molecule has 0 saturated carbocycles. The van der Waals surface area contributed by atoms with Gasteiger partial charge in [0.1, 0.15) is 23.3 Å². The summed E-state index contributed by atoms with van der Waals surface area (Å²) in [6.07, 6.45) is 1.40. The molecule has 112 valence electrons. The maximum absolute atomic E-state index is 12.3. The van der Waals surface area contributed by atoms with Gasteiger partial charge < -0.3 is 10.3 Å². The number of thioether (sulfide) groups is 1. The van der Waals surface area contributed by atoms with Gasteiger partial charge in [-0.2, -0.15) is 11.8 Å². The van der Waals surface area contributed by atoms with Crippen LogP contribution in [-0.2, 0) is 9.84 Å². The first kappa shape index (κ1) is 15.3. The highest BCUT2D eigenvalue weighted by Gasteiger charge is 2.34. The molecule has 3 N–H and O–H groups in total. The molecular weight excluding hydrogens is 298 g/mol. The third-order valence-corrected chi connectivity index (χ3v) is 6.66. The molecule has 1 aromatic heterocycles. The van der Waals surface area contributed by atoms with Crippen LogP contribution in [0.1, 0.15) is 12.5 Å². The fraction of sp³-hybridized carbons (Fsp3) is 0.636. The summed E-state index contributed by atoms with van der Waals surface area (Å²) in [5.41, 5.74) is 3.27. The SMILES string of the molecule is CCS(=O)(=O)C1CSCCN1c1ncnc(NN)c1C. The maximum atomic E-state index is 12.3. The molecule has 7 nitrogen and oxygen atoms in total. The molecule has 0 spiro atoms. The highest BCUT2D eigenvalue weighted by atomic mass is 32.2. The lowest BCUT2D eigenvalue weighted by Gasteiger charge is -2.36. The molecule has 0 aliphatic carbocycles. The smallest absolute Gasteiger partial charge is 0.171 e. The van der Waals surface area contributed by atoms with E-state index in [9.17, 15) is 8.42 Å². The highest BCUT2D eigenvalue weighted by molar-refractivity contribution is 8.01. The van der Waals surface area contributed by atoms with E-state index >= 15 is 0 Å². The van der Waals surface area contributed by atoms with E-state index in [0.29, 0.717) is 23.9 Å². The molecule has 0 radical (unpaired) electrons. The summed E-state index contributed by atoms with van der Waals surface area (Å²) in [4.78, 5) is 10.1. The van der Waals surface area contributed by atoms with Gasteiger partial charge >= 0.3 is 0 Å². The zero-order valence-corrected chi connectivity index (χ0v) is 13.2. The summed E-state index contributed by atoms with van der Waals surface area (Å²) in [7, 11) is -3.16. The summed E-state index contributed by atoms with van der Waals surface area (Å²) < 4.78 is 24.5. The van der Waals surface area contributed by atoms with E-state index in [4.69, 9.17) is 5.84 Å². The lowest BCUT2D eigenvalue weighted by atomic mass is 10.3. The molecule has 0 bridgehead atoms.